The number of carbonyl (C=O) groups excluding carboxylic acids is 1. The Morgan fingerprint density at radius 1 is 0.906 bits per heavy atom. The number of rotatable bonds is 4. The summed E-state index contributed by atoms with van der Waals surface area (Å²) in [7, 11) is 0. The lowest BCUT2D eigenvalue weighted by molar-refractivity contribution is -0.111. The van der Waals surface area contributed by atoms with E-state index in [4.69, 9.17) is 16.6 Å². The van der Waals surface area contributed by atoms with Crippen molar-refractivity contribution in [3.8, 4) is 0 Å². The van der Waals surface area contributed by atoms with Gasteiger partial charge in [-0.3, -0.25) is 4.79 Å². The number of pyridine rings is 1. The Hall–Kier alpha value is -3.14. The first-order chi connectivity index (χ1) is 15.6. The van der Waals surface area contributed by atoms with Crippen molar-refractivity contribution >= 4 is 64.6 Å². The Balaban J connectivity index is 1.52. The van der Waals surface area contributed by atoms with E-state index in [2.05, 4.69) is 61.2 Å². The molecule has 0 spiro atoms. The summed E-state index contributed by atoms with van der Waals surface area (Å²) < 4.78 is 0. The standard InChI is InChI=1S/C28H20ClNOS/c29-22-12-10-21-11-14-23(30-27(21)16-22)13-6-18-5-7-20-9-8-19-3-1-2-4-24(19)26(17-28(31)32)25(20)15-18/h1-16,26H,17H2,(H,31,32)/b13-6+. The van der Waals surface area contributed by atoms with Gasteiger partial charge < -0.3 is 0 Å². The normalized spacial score (nSPS) is 14.9. The number of benzene rings is 3. The third-order valence-electron chi connectivity index (χ3n) is 5.80. The molecule has 1 aliphatic carbocycles. The van der Waals surface area contributed by atoms with Crippen molar-refractivity contribution in [1.82, 2.24) is 4.98 Å². The quantitative estimate of drug-likeness (QED) is 0.324. The van der Waals surface area contributed by atoms with Gasteiger partial charge in [-0.25, -0.2) is 4.98 Å². The first-order valence-electron chi connectivity index (χ1n) is 10.4. The molecule has 0 fully saturated rings. The van der Waals surface area contributed by atoms with E-state index in [1.807, 2.05) is 48.5 Å². The fraction of sp³-hybridized carbons (Fsp3) is 0.0714. The molecule has 4 heteroatoms. The number of fused-ring (bicyclic) bond motifs is 3. The number of nitrogens with zero attached hydrogens (tertiary/aromatic N) is 1. The molecule has 0 saturated carbocycles. The van der Waals surface area contributed by atoms with E-state index in [9.17, 15) is 4.79 Å². The van der Waals surface area contributed by atoms with Gasteiger partial charge in [0.2, 0.25) is 0 Å². The second-order valence-corrected chi connectivity index (χ2v) is 8.84. The second-order valence-electron chi connectivity index (χ2n) is 7.91. The molecule has 5 rings (SSSR count). The van der Waals surface area contributed by atoms with Crippen LogP contribution in [0.4, 0.5) is 0 Å². The lowest BCUT2D eigenvalue weighted by atomic mass is 9.85. The van der Waals surface area contributed by atoms with Crippen LogP contribution < -0.4 is 0 Å². The first kappa shape index (κ1) is 20.7. The molecule has 156 valence electrons. The lowest BCUT2D eigenvalue weighted by Gasteiger charge is -2.19. The molecule has 0 N–H and O–H groups in total. The molecule has 1 aliphatic rings. The van der Waals surface area contributed by atoms with Gasteiger partial charge >= 0.3 is 0 Å². The number of thiol groups is 1. The van der Waals surface area contributed by atoms with Crippen LogP contribution in [0.1, 0.15) is 45.8 Å². The predicted octanol–water partition coefficient (Wildman–Crippen LogP) is 7.52. The second kappa shape index (κ2) is 8.78. The zero-order chi connectivity index (χ0) is 22.1. The zero-order valence-corrected chi connectivity index (χ0v) is 18.9. The van der Waals surface area contributed by atoms with E-state index in [1.165, 1.54) is 0 Å². The summed E-state index contributed by atoms with van der Waals surface area (Å²) in [6.07, 6.45) is 8.66. The summed E-state index contributed by atoms with van der Waals surface area (Å²) in [4.78, 5) is 16.7. The maximum absolute atomic E-state index is 12.0. The Morgan fingerprint density at radius 2 is 1.69 bits per heavy atom. The molecule has 0 amide bonds. The van der Waals surface area contributed by atoms with Crippen molar-refractivity contribution in [2.75, 3.05) is 0 Å². The zero-order valence-electron chi connectivity index (χ0n) is 17.2. The van der Waals surface area contributed by atoms with Crippen molar-refractivity contribution in [3.05, 3.63) is 111 Å². The largest absolute Gasteiger partial charge is 0.287 e. The van der Waals surface area contributed by atoms with Crippen LogP contribution in [0.2, 0.25) is 5.02 Å². The van der Waals surface area contributed by atoms with Crippen molar-refractivity contribution < 1.29 is 4.79 Å². The van der Waals surface area contributed by atoms with Gasteiger partial charge in [-0.05, 0) is 52.1 Å². The molecule has 32 heavy (non-hydrogen) atoms. The Kier molecular flexibility index (Phi) is 5.69. The molecule has 1 heterocycles. The SMILES string of the molecule is O=C(S)CC1c2ccccc2C=Cc2ccc(/C=C/c3ccc4ccc(Cl)cc4n3)cc21. The summed E-state index contributed by atoms with van der Waals surface area (Å²) in [6.45, 7) is 0. The highest BCUT2D eigenvalue weighted by atomic mass is 35.5. The van der Waals surface area contributed by atoms with Crippen molar-refractivity contribution in [3.63, 3.8) is 0 Å². The molecule has 0 saturated heterocycles. The molecule has 2 nitrogen and oxygen atoms in total. The van der Waals surface area contributed by atoms with Crippen LogP contribution in [-0.2, 0) is 4.79 Å². The number of hydrogen-bond donors (Lipinski definition) is 1. The summed E-state index contributed by atoms with van der Waals surface area (Å²) >= 11 is 10.2. The van der Waals surface area contributed by atoms with Gasteiger partial charge in [0.15, 0.2) is 5.12 Å². The highest BCUT2D eigenvalue weighted by Gasteiger charge is 2.23. The fourth-order valence-corrected chi connectivity index (χ4v) is 4.60. The van der Waals surface area contributed by atoms with Crippen molar-refractivity contribution in [2.45, 2.75) is 12.3 Å². The van der Waals surface area contributed by atoms with Gasteiger partial charge in [0.25, 0.3) is 0 Å². The summed E-state index contributed by atoms with van der Waals surface area (Å²) in [5.74, 6) is -0.0320. The van der Waals surface area contributed by atoms with Gasteiger partial charge in [-0.15, -0.1) is 12.6 Å². The average molecular weight is 454 g/mol. The summed E-state index contributed by atoms with van der Waals surface area (Å²) in [5.41, 5.74) is 7.34. The van der Waals surface area contributed by atoms with Crippen LogP contribution in [0, 0.1) is 0 Å². The number of hydrogen-bond acceptors (Lipinski definition) is 2. The van der Waals surface area contributed by atoms with Crippen molar-refractivity contribution in [1.29, 1.82) is 0 Å². The maximum Gasteiger partial charge on any atom is 0.186 e. The lowest BCUT2D eigenvalue weighted by Crippen LogP contribution is -2.07. The van der Waals surface area contributed by atoms with Crippen LogP contribution in [0.3, 0.4) is 0 Å². The molecule has 0 aliphatic heterocycles. The molecule has 4 aromatic rings. The number of halogens is 1. The van der Waals surface area contributed by atoms with Crippen LogP contribution in [0.5, 0.6) is 0 Å². The van der Waals surface area contributed by atoms with Crippen LogP contribution in [0.15, 0.2) is 72.8 Å². The minimum Gasteiger partial charge on any atom is -0.287 e. The topological polar surface area (TPSA) is 30.0 Å². The number of aromatic nitrogens is 1. The minimum atomic E-state index is -0.113. The Morgan fingerprint density at radius 3 is 2.53 bits per heavy atom. The third-order valence-corrected chi connectivity index (χ3v) is 6.22. The van der Waals surface area contributed by atoms with E-state index >= 15 is 0 Å². The summed E-state index contributed by atoms with van der Waals surface area (Å²) in [5, 5.41) is 1.62. The van der Waals surface area contributed by atoms with E-state index in [-0.39, 0.29) is 11.0 Å². The predicted molar refractivity (Wildman–Crippen MR) is 138 cm³/mol. The van der Waals surface area contributed by atoms with Gasteiger partial charge in [0.1, 0.15) is 0 Å². The van der Waals surface area contributed by atoms with Crippen LogP contribution in [0.25, 0.3) is 35.2 Å². The van der Waals surface area contributed by atoms with Gasteiger partial charge in [0.05, 0.1) is 11.2 Å². The minimum absolute atomic E-state index is 0.0320. The van der Waals surface area contributed by atoms with Crippen LogP contribution >= 0.6 is 24.2 Å². The molecule has 0 bridgehead atoms. The highest BCUT2D eigenvalue weighted by Crippen LogP contribution is 2.38. The number of carbonyl (C=O) groups is 1. The molecule has 3 aromatic carbocycles. The molecule has 0 radical (unpaired) electrons. The van der Waals surface area contributed by atoms with Crippen LogP contribution in [-0.4, -0.2) is 10.1 Å². The maximum atomic E-state index is 12.0. The molecular weight excluding hydrogens is 434 g/mol. The molecule has 1 aromatic heterocycles. The average Bonchev–Trinajstić information content (AvgIpc) is 2.94. The monoisotopic (exact) mass is 453 g/mol. The Bertz CT molecular complexity index is 1410. The van der Waals surface area contributed by atoms with Gasteiger partial charge in [-0.2, -0.15) is 0 Å². The van der Waals surface area contributed by atoms with E-state index < -0.39 is 0 Å². The van der Waals surface area contributed by atoms with Crippen molar-refractivity contribution in [2.24, 2.45) is 0 Å². The molecule has 1 atom stereocenters. The molecule has 1 unspecified atom stereocenters. The highest BCUT2D eigenvalue weighted by molar-refractivity contribution is 7.96. The molecular formula is C28H20ClNOS. The summed E-state index contributed by atoms with van der Waals surface area (Å²) in [6, 6.07) is 24.4. The first-order valence-corrected chi connectivity index (χ1v) is 11.3. The van der Waals surface area contributed by atoms with E-state index in [1.54, 1.807) is 0 Å². The van der Waals surface area contributed by atoms with Gasteiger partial charge in [0, 0.05) is 22.7 Å². The van der Waals surface area contributed by atoms with E-state index in [0.29, 0.717) is 11.4 Å². The van der Waals surface area contributed by atoms with Gasteiger partial charge in [-0.1, -0.05) is 84.4 Å². The Labute approximate surface area is 197 Å². The third kappa shape index (κ3) is 4.27. The fourth-order valence-electron chi connectivity index (χ4n) is 4.25. The smallest absolute Gasteiger partial charge is 0.186 e. The van der Waals surface area contributed by atoms with E-state index in [0.717, 1.165) is 44.4 Å².